The average molecular weight is 573 g/mol. The maximum absolute atomic E-state index is 8.44. The van der Waals surface area contributed by atoms with E-state index in [1.807, 2.05) is 115 Å². The van der Waals surface area contributed by atoms with Crippen LogP contribution in [-0.2, 0) is 0 Å². The van der Waals surface area contributed by atoms with E-state index < -0.39 is 5.96 Å². The van der Waals surface area contributed by atoms with E-state index in [2.05, 4.69) is 36.4 Å². The van der Waals surface area contributed by atoms with E-state index in [1.165, 1.54) is 0 Å². The zero-order valence-electron chi connectivity index (χ0n) is 20.5. The van der Waals surface area contributed by atoms with Gasteiger partial charge in [0.15, 0.2) is 0 Å². The Morgan fingerprint density at radius 2 is 0.763 bits per heavy atom. The summed E-state index contributed by atoms with van der Waals surface area (Å²) in [6.07, 6.45) is 0. The van der Waals surface area contributed by atoms with Crippen LogP contribution in [0.15, 0.2) is 162 Å². The summed E-state index contributed by atoms with van der Waals surface area (Å²) >= 11 is 22.8. The molecule has 0 N–H and O–H groups in total. The van der Waals surface area contributed by atoms with E-state index in [0.29, 0.717) is 15.6 Å². The van der Waals surface area contributed by atoms with Gasteiger partial charge in [0, 0.05) is 0 Å². The summed E-state index contributed by atoms with van der Waals surface area (Å²) in [5, 5.41) is 3.52. The topological polar surface area (TPSA) is 12.4 Å². The van der Waals surface area contributed by atoms with Crippen molar-refractivity contribution in [3.8, 4) is 0 Å². The molecule has 0 fully saturated rings. The molecule has 0 aliphatic heterocycles. The van der Waals surface area contributed by atoms with Gasteiger partial charge < -0.3 is 0 Å². The first kappa shape index (κ1) is 26.4. The zero-order valence-corrected chi connectivity index (χ0v) is 23.6. The number of nitrogens with zero attached hydrogens (tertiary/aromatic N) is 1. The number of rotatable bonds is 7. The van der Waals surface area contributed by atoms with Crippen molar-refractivity contribution in [3.63, 3.8) is 0 Å². The Labute approximate surface area is 238 Å². The number of aliphatic imine (C=N–C) groups is 1. The summed E-state index contributed by atoms with van der Waals surface area (Å²) < 4.78 is 0. The molecule has 1 nitrogen and oxygen atoms in total. The van der Waals surface area contributed by atoms with Crippen LogP contribution >= 0.6 is 40.4 Å². The van der Waals surface area contributed by atoms with Crippen LogP contribution in [0.4, 0.5) is 0 Å². The average Bonchev–Trinajstić information content (AvgIpc) is 3.01. The second kappa shape index (κ2) is 11.3. The molecule has 0 spiro atoms. The van der Waals surface area contributed by atoms with E-state index >= 15 is 0 Å². The first-order valence-electron chi connectivity index (χ1n) is 12.2. The van der Waals surface area contributed by atoms with Crippen molar-refractivity contribution in [1.29, 1.82) is 0 Å². The fourth-order valence-electron chi connectivity index (χ4n) is 4.71. The molecule has 0 aliphatic carbocycles. The van der Waals surface area contributed by atoms with Crippen LogP contribution in [-0.4, -0.2) is 5.17 Å². The van der Waals surface area contributed by atoms with Crippen molar-refractivity contribution in [2.45, 2.75) is 0 Å². The quantitative estimate of drug-likeness (QED) is 0.136. The molecular formula is C33H25Cl3NP. The van der Waals surface area contributed by atoms with Gasteiger partial charge in [0.25, 0.3) is 0 Å². The molecule has 0 saturated heterocycles. The minimum atomic E-state index is -4.08. The summed E-state index contributed by atoms with van der Waals surface area (Å²) in [7, 11) is 0. The molecule has 5 rings (SSSR count). The van der Waals surface area contributed by atoms with Crippen LogP contribution in [0.2, 0.25) is 0 Å². The summed E-state index contributed by atoms with van der Waals surface area (Å²) in [6, 6.07) is 49.8. The summed E-state index contributed by atoms with van der Waals surface area (Å²) in [5.41, 5.74) is 2.12. The maximum atomic E-state index is 8.44. The standard InChI is InChI=1S/C33H25Cl3NP/c34-31(26-16-6-1-7-17-26)33(37-32(35)27-18-8-2-9-19-27)38(36,28-20-10-3-11-21-28,29-22-12-4-13-23-29)30-24-14-5-15-25-30/h1-25H/b33-31+,37-32-. The predicted molar refractivity (Wildman–Crippen MR) is 169 cm³/mol. The third kappa shape index (κ3) is 4.62. The Morgan fingerprint density at radius 1 is 0.447 bits per heavy atom. The van der Waals surface area contributed by atoms with Crippen molar-refractivity contribution < 1.29 is 0 Å². The van der Waals surface area contributed by atoms with Crippen molar-refractivity contribution in [2.24, 2.45) is 4.99 Å². The molecule has 5 heteroatoms. The van der Waals surface area contributed by atoms with Gasteiger partial charge >= 0.3 is 240 Å². The van der Waals surface area contributed by atoms with E-state index in [-0.39, 0.29) is 0 Å². The van der Waals surface area contributed by atoms with Gasteiger partial charge in [-0.1, -0.05) is 0 Å². The van der Waals surface area contributed by atoms with Crippen molar-refractivity contribution in [3.05, 3.63) is 168 Å². The Hall–Kier alpha value is -3.19. The van der Waals surface area contributed by atoms with Gasteiger partial charge in [-0.05, 0) is 0 Å². The predicted octanol–water partition coefficient (Wildman–Crippen LogP) is 8.92. The Kier molecular flexibility index (Phi) is 7.84. The van der Waals surface area contributed by atoms with E-state index in [1.54, 1.807) is 0 Å². The van der Waals surface area contributed by atoms with E-state index in [9.17, 15) is 0 Å². The second-order valence-electron chi connectivity index (χ2n) is 8.79. The number of hydrogen-bond donors (Lipinski definition) is 0. The molecule has 0 aliphatic rings. The first-order valence-corrected chi connectivity index (χ1v) is 16.1. The summed E-state index contributed by atoms with van der Waals surface area (Å²) in [5.74, 6) is -4.08. The van der Waals surface area contributed by atoms with Crippen LogP contribution in [0.1, 0.15) is 11.1 Å². The zero-order chi connectivity index (χ0) is 26.5. The number of hydrogen-bond acceptors (Lipinski definition) is 1. The van der Waals surface area contributed by atoms with Gasteiger partial charge in [0.1, 0.15) is 0 Å². The molecule has 0 saturated carbocycles. The molecule has 5 aromatic carbocycles. The normalized spacial score (nSPS) is 13.8. The number of halogens is 3. The van der Waals surface area contributed by atoms with Gasteiger partial charge in [-0.25, -0.2) is 0 Å². The third-order valence-electron chi connectivity index (χ3n) is 6.56. The van der Waals surface area contributed by atoms with Gasteiger partial charge in [-0.2, -0.15) is 0 Å². The fraction of sp³-hybridized carbons (Fsp3) is 0. The summed E-state index contributed by atoms with van der Waals surface area (Å²) in [4.78, 5) is 5.15. The molecule has 0 amide bonds. The molecule has 5 aromatic rings. The fourth-order valence-corrected chi connectivity index (χ4v) is 11.8. The van der Waals surface area contributed by atoms with Crippen LogP contribution in [0.25, 0.3) is 5.03 Å². The molecule has 38 heavy (non-hydrogen) atoms. The van der Waals surface area contributed by atoms with Crippen LogP contribution in [0.3, 0.4) is 0 Å². The molecule has 0 heterocycles. The van der Waals surface area contributed by atoms with Gasteiger partial charge in [0.05, 0.1) is 0 Å². The molecule has 0 radical (unpaired) electrons. The minimum absolute atomic E-state index is 0.312. The second-order valence-corrected chi connectivity index (χ2v) is 15.5. The summed E-state index contributed by atoms with van der Waals surface area (Å²) in [6.45, 7) is 0. The van der Waals surface area contributed by atoms with Crippen molar-refractivity contribution in [1.82, 2.24) is 0 Å². The van der Waals surface area contributed by atoms with Gasteiger partial charge in [-0.15, -0.1) is 0 Å². The van der Waals surface area contributed by atoms with E-state index in [4.69, 9.17) is 39.4 Å². The monoisotopic (exact) mass is 571 g/mol. The molecule has 0 unspecified atom stereocenters. The molecule has 0 bridgehead atoms. The first-order chi connectivity index (χ1) is 18.5. The van der Waals surface area contributed by atoms with Crippen LogP contribution < -0.4 is 15.9 Å². The number of benzene rings is 5. The molecule has 0 atom stereocenters. The van der Waals surface area contributed by atoms with E-state index in [0.717, 1.165) is 27.0 Å². The third-order valence-corrected chi connectivity index (χ3v) is 14.6. The Morgan fingerprint density at radius 3 is 1.13 bits per heavy atom. The Bertz CT molecular complexity index is 1470. The van der Waals surface area contributed by atoms with Crippen molar-refractivity contribution in [2.75, 3.05) is 0 Å². The molecule has 0 aromatic heterocycles. The molecular weight excluding hydrogens is 548 g/mol. The SMILES string of the molecule is Cl/C(=N\C(=C(/Cl)c1ccccc1)P(Cl)(c1ccccc1)(c1ccccc1)c1ccccc1)c1ccccc1. The van der Waals surface area contributed by atoms with Crippen LogP contribution in [0, 0.1) is 0 Å². The van der Waals surface area contributed by atoms with Crippen LogP contribution in [0.5, 0.6) is 0 Å². The Balaban J connectivity index is 2.01. The van der Waals surface area contributed by atoms with Crippen molar-refractivity contribution >= 4 is 66.5 Å². The van der Waals surface area contributed by atoms with Gasteiger partial charge in [-0.3, -0.25) is 0 Å². The molecule has 188 valence electrons. The van der Waals surface area contributed by atoms with Gasteiger partial charge in [0.2, 0.25) is 0 Å².